The molecule has 1 atom stereocenters. The van der Waals surface area contributed by atoms with Crippen LogP contribution in [0.5, 0.6) is 0 Å². The number of carbonyl (C=O) groups is 2. The molecule has 1 aromatic rings. The van der Waals surface area contributed by atoms with Crippen LogP contribution in [0.3, 0.4) is 0 Å². The smallest absolute Gasteiger partial charge is 0.262 e. The third-order valence-corrected chi connectivity index (χ3v) is 3.93. The van der Waals surface area contributed by atoms with Crippen molar-refractivity contribution in [2.24, 2.45) is 0 Å². The predicted molar refractivity (Wildman–Crippen MR) is 95.3 cm³/mol. The summed E-state index contributed by atoms with van der Waals surface area (Å²) in [6.07, 6.45) is 3.84. The summed E-state index contributed by atoms with van der Waals surface area (Å²) in [5, 5.41) is 2.96. The number of anilines is 1. The van der Waals surface area contributed by atoms with E-state index >= 15 is 0 Å². The molecule has 2 rings (SSSR count). The quantitative estimate of drug-likeness (QED) is 0.810. The molecule has 24 heavy (non-hydrogen) atoms. The molecular weight excluding hydrogens is 351 g/mol. The normalized spacial score (nSPS) is 16.8. The molecule has 128 valence electrons. The van der Waals surface area contributed by atoms with Gasteiger partial charge in [-0.15, -0.1) is 11.6 Å². The largest absolute Gasteiger partial charge is 0.487 e. The van der Waals surface area contributed by atoms with Crippen molar-refractivity contribution in [3.05, 3.63) is 52.8 Å². The molecule has 0 aromatic heterocycles. The maximum Gasteiger partial charge on any atom is 0.262 e. The van der Waals surface area contributed by atoms with E-state index in [2.05, 4.69) is 5.32 Å². The van der Waals surface area contributed by atoms with E-state index in [4.69, 9.17) is 27.9 Å². The van der Waals surface area contributed by atoms with Gasteiger partial charge < -0.3 is 15.0 Å². The van der Waals surface area contributed by atoms with Gasteiger partial charge in [0.1, 0.15) is 5.76 Å². The van der Waals surface area contributed by atoms with Crippen molar-refractivity contribution in [1.82, 2.24) is 4.90 Å². The van der Waals surface area contributed by atoms with Gasteiger partial charge in [0.05, 0.1) is 5.38 Å². The summed E-state index contributed by atoms with van der Waals surface area (Å²) < 4.78 is 5.43. The monoisotopic (exact) mass is 368 g/mol. The van der Waals surface area contributed by atoms with E-state index in [0.29, 0.717) is 28.5 Å². The van der Waals surface area contributed by atoms with Gasteiger partial charge in [-0.05, 0) is 30.4 Å². The van der Waals surface area contributed by atoms with Crippen LogP contribution in [0.15, 0.2) is 47.2 Å². The fourth-order valence-corrected chi connectivity index (χ4v) is 2.69. The summed E-state index contributed by atoms with van der Waals surface area (Å²) in [4.78, 5) is 25.4. The lowest BCUT2D eigenvalue weighted by molar-refractivity contribution is -0.119. The van der Waals surface area contributed by atoms with Crippen LogP contribution >= 0.6 is 23.2 Å². The van der Waals surface area contributed by atoms with Crippen molar-refractivity contribution >= 4 is 40.7 Å². The van der Waals surface area contributed by atoms with Gasteiger partial charge in [-0.1, -0.05) is 17.7 Å². The van der Waals surface area contributed by atoms with Crippen molar-refractivity contribution in [2.45, 2.75) is 11.8 Å². The van der Waals surface area contributed by atoms with Crippen molar-refractivity contribution in [2.75, 3.05) is 26.0 Å². The highest BCUT2D eigenvalue weighted by atomic mass is 35.5. The van der Waals surface area contributed by atoms with Gasteiger partial charge in [0.15, 0.2) is 6.61 Å². The lowest BCUT2D eigenvalue weighted by atomic mass is 10.1. The SMILES string of the molecule is CN(C)C(=O)c1cccc(NC(=O)COC2=CC=C(Cl)CC2Cl)c1. The molecule has 5 nitrogen and oxygen atoms in total. The van der Waals surface area contributed by atoms with Crippen LogP contribution in [0, 0.1) is 0 Å². The fraction of sp³-hybridized carbons (Fsp3) is 0.294. The number of rotatable bonds is 5. The first-order chi connectivity index (χ1) is 11.4. The Kier molecular flexibility index (Phi) is 6.29. The Labute approximate surface area is 150 Å². The zero-order valence-corrected chi connectivity index (χ0v) is 14.9. The number of ether oxygens (including phenoxy) is 1. The summed E-state index contributed by atoms with van der Waals surface area (Å²) in [5.41, 5.74) is 1.02. The molecule has 0 bridgehead atoms. The molecule has 0 saturated carbocycles. The van der Waals surface area contributed by atoms with E-state index in [-0.39, 0.29) is 23.8 Å². The van der Waals surface area contributed by atoms with E-state index in [0.717, 1.165) is 0 Å². The van der Waals surface area contributed by atoms with Gasteiger partial charge in [0, 0.05) is 36.8 Å². The molecule has 2 amide bonds. The molecule has 0 spiro atoms. The van der Waals surface area contributed by atoms with Crippen LogP contribution in [0.25, 0.3) is 0 Å². The molecule has 1 aromatic carbocycles. The number of nitrogens with zero attached hydrogens (tertiary/aromatic N) is 1. The second-order valence-electron chi connectivity index (χ2n) is 5.47. The molecule has 1 aliphatic carbocycles. The number of carbonyl (C=O) groups excluding carboxylic acids is 2. The molecule has 0 heterocycles. The molecule has 0 radical (unpaired) electrons. The Morgan fingerprint density at radius 3 is 2.75 bits per heavy atom. The minimum absolute atomic E-state index is 0.136. The highest BCUT2D eigenvalue weighted by Crippen LogP contribution is 2.26. The summed E-state index contributed by atoms with van der Waals surface area (Å²) in [5.74, 6) is 0.0333. The van der Waals surface area contributed by atoms with Crippen molar-refractivity contribution in [1.29, 1.82) is 0 Å². The number of allylic oxidation sites excluding steroid dienone is 4. The predicted octanol–water partition coefficient (Wildman–Crippen LogP) is 3.36. The zero-order valence-electron chi connectivity index (χ0n) is 13.4. The van der Waals surface area contributed by atoms with Crippen molar-refractivity contribution < 1.29 is 14.3 Å². The van der Waals surface area contributed by atoms with Crippen LogP contribution in [-0.4, -0.2) is 42.8 Å². The van der Waals surface area contributed by atoms with Crippen LogP contribution in [0.1, 0.15) is 16.8 Å². The van der Waals surface area contributed by atoms with Gasteiger partial charge in [0.25, 0.3) is 11.8 Å². The number of halogens is 2. The van der Waals surface area contributed by atoms with Gasteiger partial charge in [-0.25, -0.2) is 0 Å². The Balaban J connectivity index is 1.93. The lowest BCUT2D eigenvalue weighted by Gasteiger charge is -2.18. The lowest BCUT2D eigenvalue weighted by Crippen LogP contribution is -2.23. The zero-order chi connectivity index (χ0) is 17.7. The van der Waals surface area contributed by atoms with Gasteiger partial charge in [-0.3, -0.25) is 9.59 Å². The Morgan fingerprint density at radius 1 is 1.33 bits per heavy atom. The van der Waals surface area contributed by atoms with Gasteiger partial charge in [0.2, 0.25) is 0 Å². The maximum absolute atomic E-state index is 12.0. The number of amides is 2. The Hall–Kier alpha value is -1.98. The third-order valence-electron chi connectivity index (χ3n) is 3.28. The van der Waals surface area contributed by atoms with E-state index in [9.17, 15) is 9.59 Å². The second-order valence-corrected chi connectivity index (χ2v) is 6.48. The van der Waals surface area contributed by atoms with E-state index < -0.39 is 0 Å². The van der Waals surface area contributed by atoms with Crippen LogP contribution in [0.4, 0.5) is 5.69 Å². The number of hydrogen-bond donors (Lipinski definition) is 1. The van der Waals surface area contributed by atoms with E-state index in [1.165, 1.54) is 4.90 Å². The standard InChI is InChI=1S/C17H18Cl2N2O3/c1-21(2)17(23)11-4-3-5-13(8-11)20-16(22)10-24-15-7-6-12(18)9-14(15)19/h3-8,14H,9-10H2,1-2H3,(H,20,22). The number of hydrogen-bond acceptors (Lipinski definition) is 3. The summed E-state index contributed by atoms with van der Waals surface area (Å²) in [7, 11) is 3.34. The summed E-state index contributed by atoms with van der Waals surface area (Å²) in [6, 6.07) is 6.72. The van der Waals surface area contributed by atoms with Gasteiger partial charge >= 0.3 is 0 Å². The number of nitrogens with one attached hydrogen (secondary N) is 1. The first kappa shape index (κ1) is 18.4. The first-order valence-corrected chi connectivity index (χ1v) is 8.13. The minimum atomic E-state index is -0.378. The molecule has 0 aliphatic heterocycles. The average molecular weight is 369 g/mol. The van der Waals surface area contributed by atoms with Crippen molar-refractivity contribution in [3.8, 4) is 0 Å². The van der Waals surface area contributed by atoms with Crippen LogP contribution in [-0.2, 0) is 9.53 Å². The highest BCUT2D eigenvalue weighted by Gasteiger charge is 2.18. The Morgan fingerprint density at radius 2 is 2.08 bits per heavy atom. The molecule has 1 N–H and O–H groups in total. The fourth-order valence-electron chi connectivity index (χ4n) is 2.09. The van der Waals surface area contributed by atoms with E-state index in [1.54, 1.807) is 50.5 Å². The molecular formula is C17H18Cl2N2O3. The average Bonchev–Trinajstić information content (AvgIpc) is 2.53. The molecule has 0 saturated heterocycles. The Bertz CT molecular complexity index is 699. The minimum Gasteiger partial charge on any atom is -0.487 e. The first-order valence-electron chi connectivity index (χ1n) is 7.31. The van der Waals surface area contributed by atoms with Gasteiger partial charge in [-0.2, -0.15) is 0 Å². The highest BCUT2D eigenvalue weighted by molar-refractivity contribution is 6.31. The third kappa shape index (κ3) is 5.01. The van der Waals surface area contributed by atoms with Crippen molar-refractivity contribution in [3.63, 3.8) is 0 Å². The second kappa shape index (κ2) is 8.22. The number of benzene rings is 1. The van der Waals surface area contributed by atoms with Crippen LogP contribution < -0.4 is 5.32 Å². The van der Waals surface area contributed by atoms with Crippen LogP contribution in [0.2, 0.25) is 0 Å². The molecule has 1 aliphatic rings. The summed E-state index contributed by atoms with van der Waals surface area (Å²) in [6.45, 7) is -0.174. The van der Waals surface area contributed by atoms with E-state index in [1.807, 2.05) is 0 Å². The maximum atomic E-state index is 12.0. The summed E-state index contributed by atoms with van der Waals surface area (Å²) >= 11 is 12.0. The topological polar surface area (TPSA) is 58.6 Å². The molecule has 0 fully saturated rings. The number of alkyl halides is 1. The molecule has 7 heteroatoms. The molecule has 1 unspecified atom stereocenters.